The summed E-state index contributed by atoms with van der Waals surface area (Å²) in [6, 6.07) is 5.76. The quantitative estimate of drug-likeness (QED) is 0.775. The zero-order valence-electron chi connectivity index (χ0n) is 8.43. The Morgan fingerprint density at radius 1 is 1.47 bits per heavy atom. The molecular formula is C11H12F2N2. The molecule has 4 heteroatoms. The minimum Gasteiger partial charge on any atom is -0.309 e. The number of benzene rings is 1. The molecule has 0 aliphatic heterocycles. The molecule has 0 aromatic heterocycles. The van der Waals surface area contributed by atoms with E-state index in [1.807, 2.05) is 6.07 Å². The Morgan fingerprint density at radius 2 is 2.20 bits per heavy atom. The molecule has 1 aromatic carbocycles. The molecule has 0 bridgehead atoms. The van der Waals surface area contributed by atoms with Crippen molar-refractivity contribution in [3.63, 3.8) is 0 Å². The van der Waals surface area contributed by atoms with Gasteiger partial charge in [0, 0.05) is 24.6 Å². The first-order valence-corrected chi connectivity index (χ1v) is 4.71. The molecular weight excluding hydrogens is 198 g/mol. The fraction of sp³-hybridized carbons (Fsp3) is 0.364. The standard InChI is InChI=1S/C11H12F2N2/c1-8(15-7-3-6-14)9-4-2-5-10(12)11(9)13/h2,4-5,8,15H,3,7H2,1H3. The van der Waals surface area contributed by atoms with Gasteiger partial charge >= 0.3 is 0 Å². The van der Waals surface area contributed by atoms with Gasteiger partial charge in [-0.05, 0) is 13.0 Å². The van der Waals surface area contributed by atoms with Crippen molar-refractivity contribution >= 4 is 0 Å². The molecule has 0 fully saturated rings. The number of halogens is 2. The third-order valence-corrected chi connectivity index (χ3v) is 2.14. The van der Waals surface area contributed by atoms with Crippen molar-refractivity contribution in [2.75, 3.05) is 6.54 Å². The highest BCUT2D eigenvalue weighted by molar-refractivity contribution is 5.21. The monoisotopic (exact) mass is 210 g/mol. The highest BCUT2D eigenvalue weighted by Crippen LogP contribution is 2.18. The molecule has 0 radical (unpaired) electrons. The molecule has 1 unspecified atom stereocenters. The molecule has 0 spiro atoms. The van der Waals surface area contributed by atoms with E-state index in [9.17, 15) is 8.78 Å². The normalized spacial score (nSPS) is 12.1. The number of rotatable bonds is 4. The third-order valence-electron chi connectivity index (χ3n) is 2.14. The molecule has 1 atom stereocenters. The second-order valence-corrected chi connectivity index (χ2v) is 3.23. The second kappa shape index (κ2) is 5.42. The molecule has 1 N–H and O–H groups in total. The molecule has 0 heterocycles. The fourth-order valence-electron chi connectivity index (χ4n) is 1.31. The first kappa shape index (κ1) is 11.6. The minimum atomic E-state index is -0.846. The van der Waals surface area contributed by atoms with Crippen LogP contribution in [0.25, 0.3) is 0 Å². The van der Waals surface area contributed by atoms with Crippen LogP contribution in [0.5, 0.6) is 0 Å². The summed E-state index contributed by atoms with van der Waals surface area (Å²) >= 11 is 0. The van der Waals surface area contributed by atoms with Gasteiger partial charge in [-0.1, -0.05) is 12.1 Å². The summed E-state index contributed by atoms with van der Waals surface area (Å²) in [6.07, 6.45) is 0.348. The first-order chi connectivity index (χ1) is 7.16. The van der Waals surface area contributed by atoms with E-state index in [1.165, 1.54) is 12.1 Å². The number of hydrogen-bond acceptors (Lipinski definition) is 2. The van der Waals surface area contributed by atoms with Crippen LogP contribution in [-0.4, -0.2) is 6.54 Å². The zero-order chi connectivity index (χ0) is 11.3. The number of nitrogens with one attached hydrogen (secondary N) is 1. The Kier molecular flexibility index (Phi) is 4.19. The summed E-state index contributed by atoms with van der Waals surface area (Å²) in [6.45, 7) is 2.20. The van der Waals surface area contributed by atoms with E-state index >= 15 is 0 Å². The average Bonchev–Trinajstić information content (AvgIpc) is 2.22. The molecule has 0 aliphatic carbocycles. The number of nitrogens with zero attached hydrogens (tertiary/aromatic N) is 1. The fourth-order valence-corrected chi connectivity index (χ4v) is 1.31. The van der Waals surface area contributed by atoms with Crippen LogP contribution in [0.4, 0.5) is 8.78 Å². The van der Waals surface area contributed by atoms with Crippen molar-refractivity contribution in [2.45, 2.75) is 19.4 Å². The highest BCUT2D eigenvalue weighted by Gasteiger charge is 2.12. The molecule has 1 aromatic rings. The molecule has 0 saturated heterocycles. The largest absolute Gasteiger partial charge is 0.309 e. The van der Waals surface area contributed by atoms with Crippen molar-refractivity contribution < 1.29 is 8.78 Å². The van der Waals surface area contributed by atoms with Crippen LogP contribution in [0.1, 0.15) is 24.9 Å². The molecule has 0 saturated carbocycles. The summed E-state index contributed by atoms with van der Waals surface area (Å²) < 4.78 is 26.2. The van der Waals surface area contributed by atoms with Crippen LogP contribution in [0.15, 0.2) is 18.2 Å². The van der Waals surface area contributed by atoms with E-state index in [-0.39, 0.29) is 11.6 Å². The maximum atomic E-state index is 13.3. The lowest BCUT2D eigenvalue weighted by Gasteiger charge is -2.13. The van der Waals surface area contributed by atoms with E-state index in [4.69, 9.17) is 5.26 Å². The van der Waals surface area contributed by atoms with Crippen LogP contribution < -0.4 is 5.32 Å². The summed E-state index contributed by atoms with van der Waals surface area (Å²) in [5.74, 6) is -1.67. The summed E-state index contributed by atoms with van der Waals surface area (Å²) in [4.78, 5) is 0. The van der Waals surface area contributed by atoms with E-state index in [2.05, 4.69) is 5.32 Å². The van der Waals surface area contributed by atoms with Crippen LogP contribution in [0.3, 0.4) is 0 Å². The van der Waals surface area contributed by atoms with Gasteiger partial charge in [0.05, 0.1) is 6.07 Å². The Balaban J connectivity index is 2.70. The lowest BCUT2D eigenvalue weighted by Crippen LogP contribution is -2.20. The van der Waals surface area contributed by atoms with Gasteiger partial charge in [0.15, 0.2) is 11.6 Å². The third kappa shape index (κ3) is 3.00. The molecule has 0 aliphatic rings. The van der Waals surface area contributed by atoms with Gasteiger partial charge in [0.2, 0.25) is 0 Å². The molecule has 0 amide bonds. The molecule has 1 rings (SSSR count). The van der Waals surface area contributed by atoms with Crippen LogP contribution in [0.2, 0.25) is 0 Å². The topological polar surface area (TPSA) is 35.8 Å². The first-order valence-electron chi connectivity index (χ1n) is 4.71. The van der Waals surface area contributed by atoms with E-state index in [0.29, 0.717) is 13.0 Å². The van der Waals surface area contributed by atoms with Gasteiger partial charge in [-0.15, -0.1) is 0 Å². The maximum absolute atomic E-state index is 13.3. The van der Waals surface area contributed by atoms with E-state index < -0.39 is 11.6 Å². The Labute approximate surface area is 87.5 Å². The van der Waals surface area contributed by atoms with Crippen LogP contribution in [0, 0.1) is 23.0 Å². The lowest BCUT2D eigenvalue weighted by atomic mass is 10.1. The lowest BCUT2D eigenvalue weighted by molar-refractivity contribution is 0.474. The van der Waals surface area contributed by atoms with Gasteiger partial charge < -0.3 is 5.32 Å². The summed E-state index contributed by atoms with van der Waals surface area (Å²) in [7, 11) is 0. The summed E-state index contributed by atoms with van der Waals surface area (Å²) in [5, 5.41) is 11.3. The molecule has 2 nitrogen and oxygen atoms in total. The van der Waals surface area contributed by atoms with Crippen molar-refractivity contribution in [3.8, 4) is 6.07 Å². The van der Waals surface area contributed by atoms with Crippen molar-refractivity contribution in [1.82, 2.24) is 5.32 Å². The van der Waals surface area contributed by atoms with Crippen LogP contribution in [-0.2, 0) is 0 Å². The average molecular weight is 210 g/mol. The van der Waals surface area contributed by atoms with E-state index in [0.717, 1.165) is 6.07 Å². The molecule has 15 heavy (non-hydrogen) atoms. The van der Waals surface area contributed by atoms with Crippen molar-refractivity contribution in [3.05, 3.63) is 35.4 Å². The SMILES string of the molecule is CC(NCCC#N)c1cccc(F)c1F. The van der Waals surface area contributed by atoms with E-state index in [1.54, 1.807) is 6.92 Å². The Morgan fingerprint density at radius 3 is 2.87 bits per heavy atom. The summed E-state index contributed by atoms with van der Waals surface area (Å²) in [5.41, 5.74) is 0.285. The number of nitriles is 1. The second-order valence-electron chi connectivity index (χ2n) is 3.23. The van der Waals surface area contributed by atoms with Gasteiger partial charge in [0.25, 0.3) is 0 Å². The number of hydrogen-bond donors (Lipinski definition) is 1. The Bertz CT molecular complexity index is 371. The van der Waals surface area contributed by atoms with Crippen molar-refractivity contribution in [1.29, 1.82) is 5.26 Å². The zero-order valence-corrected chi connectivity index (χ0v) is 8.43. The Hall–Kier alpha value is -1.47. The van der Waals surface area contributed by atoms with Crippen LogP contribution >= 0.6 is 0 Å². The predicted octanol–water partition coefficient (Wildman–Crippen LogP) is 2.53. The maximum Gasteiger partial charge on any atom is 0.163 e. The van der Waals surface area contributed by atoms with Gasteiger partial charge in [0.1, 0.15) is 0 Å². The van der Waals surface area contributed by atoms with Gasteiger partial charge in [-0.25, -0.2) is 8.78 Å². The smallest absolute Gasteiger partial charge is 0.163 e. The van der Waals surface area contributed by atoms with Gasteiger partial charge in [-0.2, -0.15) is 5.26 Å². The van der Waals surface area contributed by atoms with Gasteiger partial charge in [-0.3, -0.25) is 0 Å². The van der Waals surface area contributed by atoms with Crippen molar-refractivity contribution in [2.24, 2.45) is 0 Å². The minimum absolute atomic E-state index is 0.285. The highest BCUT2D eigenvalue weighted by atomic mass is 19.2. The predicted molar refractivity (Wildman–Crippen MR) is 53.0 cm³/mol. The molecule has 80 valence electrons.